The zero-order valence-corrected chi connectivity index (χ0v) is 13.1. The smallest absolute Gasteiger partial charge is 0.323 e. The highest BCUT2D eigenvalue weighted by molar-refractivity contribution is 5.98. The highest BCUT2D eigenvalue weighted by Crippen LogP contribution is 2.49. The van der Waals surface area contributed by atoms with Gasteiger partial charge in [-0.15, -0.1) is 0 Å². The van der Waals surface area contributed by atoms with E-state index in [0.29, 0.717) is 0 Å². The second kappa shape index (κ2) is 5.58. The summed E-state index contributed by atoms with van der Waals surface area (Å²) in [5, 5.41) is 0. The Hall–Kier alpha value is -2.13. The molecule has 0 saturated carbocycles. The summed E-state index contributed by atoms with van der Waals surface area (Å²) in [4.78, 5) is 13.0. The van der Waals surface area contributed by atoms with Gasteiger partial charge >= 0.3 is 5.97 Å². The molecular weight excluding hydrogens is 276 g/mol. The van der Waals surface area contributed by atoms with Crippen LogP contribution in [-0.4, -0.2) is 25.8 Å². The molecule has 1 aliphatic carbocycles. The van der Waals surface area contributed by atoms with Crippen molar-refractivity contribution in [1.29, 1.82) is 0 Å². The number of hydrogen-bond acceptors (Lipinski definition) is 3. The van der Waals surface area contributed by atoms with Gasteiger partial charge in [0.25, 0.3) is 0 Å². The van der Waals surface area contributed by atoms with E-state index < -0.39 is 5.41 Å². The van der Waals surface area contributed by atoms with Crippen molar-refractivity contribution in [2.75, 3.05) is 13.7 Å². The van der Waals surface area contributed by atoms with E-state index in [2.05, 4.69) is 0 Å². The van der Waals surface area contributed by atoms with Crippen LogP contribution in [0.15, 0.2) is 48.5 Å². The van der Waals surface area contributed by atoms with Crippen LogP contribution < -0.4 is 0 Å². The standard InChI is InChI=1S/C19H20O3/c1-13(2)22-18(20)19(12-21-3)16-10-6-4-8-14(16)15-9-5-7-11-17(15)19/h4-11,13H,12H2,1-3H3. The molecule has 0 fully saturated rings. The molecule has 1 aliphatic rings. The fraction of sp³-hybridized carbons (Fsp3) is 0.316. The number of fused-ring (bicyclic) bond motifs is 3. The lowest BCUT2D eigenvalue weighted by molar-refractivity contribution is -0.154. The highest BCUT2D eigenvalue weighted by Gasteiger charge is 2.50. The molecule has 3 rings (SSSR count). The molecule has 0 aromatic heterocycles. The molecule has 0 bridgehead atoms. The maximum absolute atomic E-state index is 13.0. The normalized spacial score (nSPS) is 14.5. The van der Waals surface area contributed by atoms with Gasteiger partial charge in [-0.25, -0.2) is 0 Å². The summed E-state index contributed by atoms with van der Waals surface area (Å²) < 4.78 is 11.0. The molecule has 0 saturated heterocycles. The molecular formula is C19H20O3. The lowest BCUT2D eigenvalue weighted by Crippen LogP contribution is -2.42. The molecule has 0 atom stereocenters. The molecule has 22 heavy (non-hydrogen) atoms. The summed E-state index contributed by atoms with van der Waals surface area (Å²) in [5.74, 6) is -0.248. The largest absolute Gasteiger partial charge is 0.462 e. The third kappa shape index (κ3) is 2.04. The Bertz CT molecular complexity index is 658. The molecule has 0 spiro atoms. The first-order valence-electron chi connectivity index (χ1n) is 7.50. The first kappa shape index (κ1) is 14.8. The van der Waals surface area contributed by atoms with Crippen molar-refractivity contribution in [2.45, 2.75) is 25.4 Å². The van der Waals surface area contributed by atoms with Crippen molar-refractivity contribution in [3.8, 4) is 11.1 Å². The predicted molar refractivity (Wildman–Crippen MR) is 85.8 cm³/mol. The van der Waals surface area contributed by atoms with E-state index in [-0.39, 0.29) is 18.7 Å². The summed E-state index contributed by atoms with van der Waals surface area (Å²) in [7, 11) is 1.62. The van der Waals surface area contributed by atoms with Crippen LogP contribution in [0.25, 0.3) is 11.1 Å². The number of carbonyl (C=O) groups is 1. The number of methoxy groups -OCH3 is 1. The number of ether oxygens (including phenoxy) is 2. The van der Waals surface area contributed by atoms with Crippen molar-refractivity contribution < 1.29 is 14.3 Å². The molecule has 2 aromatic rings. The van der Waals surface area contributed by atoms with Crippen LogP contribution in [0.4, 0.5) is 0 Å². The fourth-order valence-corrected chi connectivity index (χ4v) is 3.29. The summed E-state index contributed by atoms with van der Waals surface area (Å²) >= 11 is 0. The lowest BCUT2D eigenvalue weighted by atomic mass is 9.79. The van der Waals surface area contributed by atoms with E-state index >= 15 is 0 Å². The minimum atomic E-state index is -0.883. The van der Waals surface area contributed by atoms with E-state index in [0.717, 1.165) is 22.3 Å². The molecule has 0 radical (unpaired) electrons. The second-order valence-corrected chi connectivity index (χ2v) is 5.88. The van der Waals surface area contributed by atoms with Crippen LogP contribution in [0.3, 0.4) is 0 Å². The maximum atomic E-state index is 13.0. The zero-order chi connectivity index (χ0) is 15.7. The first-order valence-corrected chi connectivity index (χ1v) is 7.50. The van der Waals surface area contributed by atoms with Gasteiger partial charge in [-0.2, -0.15) is 0 Å². The minimum absolute atomic E-state index is 0.166. The van der Waals surface area contributed by atoms with E-state index in [1.807, 2.05) is 62.4 Å². The molecule has 3 nitrogen and oxygen atoms in total. The van der Waals surface area contributed by atoms with Gasteiger partial charge in [-0.05, 0) is 36.1 Å². The Morgan fingerprint density at radius 3 is 1.95 bits per heavy atom. The first-order chi connectivity index (χ1) is 10.6. The Balaban J connectivity index is 2.27. The number of rotatable bonds is 4. The van der Waals surface area contributed by atoms with Gasteiger partial charge in [-0.1, -0.05) is 48.5 Å². The van der Waals surface area contributed by atoms with Gasteiger partial charge in [0, 0.05) is 7.11 Å². The number of hydrogen-bond donors (Lipinski definition) is 0. The van der Waals surface area contributed by atoms with Crippen molar-refractivity contribution in [2.24, 2.45) is 0 Å². The van der Waals surface area contributed by atoms with Crippen LogP contribution in [0.2, 0.25) is 0 Å². The van der Waals surface area contributed by atoms with Crippen LogP contribution in [0.1, 0.15) is 25.0 Å². The van der Waals surface area contributed by atoms with Gasteiger partial charge in [0.05, 0.1) is 12.7 Å². The Labute approximate surface area is 130 Å². The van der Waals surface area contributed by atoms with Gasteiger partial charge < -0.3 is 9.47 Å². The minimum Gasteiger partial charge on any atom is -0.462 e. The molecule has 0 aliphatic heterocycles. The molecule has 2 aromatic carbocycles. The van der Waals surface area contributed by atoms with Crippen molar-refractivity contribution >= 4 is 5.97 Å². The topological polar surface area (TPSA) is 35.5 Å². The number of esters is 1. The van der Waals surface area contributed by atoms with Gasteiger partial charge in [0.2, 0.25) is 0 Å². The SMILES string of the molecule is COCC1(C(=O)OC(C)C)c2ccccc2-c2ccccc21. The van der Waals surface area contributed by atoms with Crippen LogP contribution >= 0.6 is 0 Å². The lowest BCUT2D eigenvalue weighted by Gasteiger charge is -2.29. The number of benzene rings is 2. The number of carbonyl (C=O) groups excluding carboxylic acids is 1. The van der Waals surface area contributed by atoms with Crippen molar-refractivity contribution in [3.63, 3.8) is 0 Å². The zero-order valence-electron chi connectivity index (χ0n) is 13.1. The average Bonchev–Trinajstić information content (AvgIpc) is 2.79. The van der Waals surface area contributed by atoms with E-state index in [9.17, 15) is 4.79 Å². The van der Waals surface area contributed by atoms with Crippen molar-refractivity contribution in [1.82, 2.24) is 0 Å². The predicted octanol–water partition coefficient (Wildman–Crippen LogP) is 3.55. The monoisotopic (exact) mass is 296 g/mol. The summed E-state index contributed by atoms with van der Waals surface area (Å²) in [6.07, 6.45) is -0.166. The summed E-state index contributed by atoms with van der Waals surface area (Å²) in [6, 6.07) is 16.0. The van der Waals surface area contributed by atoms with E-state index in [1.165, 1.54) is 0 Å². The van der Waals surface area contributed by atoms with Gasteiger partial charge in [-0.3, -0.25) is 4.79 Å². The molecule has 114 valence electrons. The molecule has 0 amide bonds. The molecule has 0 unspecified atom stereocenters. The van der Waals surface area contributed by atoms with E-state index in [4.69, 9.17) is 9.47 Å². The molecule has 3 heteroatoms. The van der Waals surface area contributed by atoms with Crippen LogP contribution in [0, 0.1) is 0 Å². The van der Waals surface area contributed by atoms with Gasteiger partial charge in [0.1, 0.15) is 5.41 Å². The highest BCUT2D eigenvalue weighted by atomic mass is 16.5. The Morgan fingerprint density at radius 2 is 1.50 bits per heavy atom. The molecule has 0 heterocycles. The van der Waals surface area contributed by atoms with Crippen LogP contribution in [-0.2, 0) is 19.7 Å². The third-order valence-electron chi connectivity index (χ3n) is 4.12. The molecule has 0 N–H and O–H groups in total. The maximum Gasteiger partial charge on any atom is 0.323 e. The average molecular weight is 296 g/mol. The second-order valence-electron chi connectivity index (χ2n) is 5.88. The van der Waals surface area contributed by atoms with Gasteiger partial charge in [0.15, 0.2) is 0 Å². The quantitative estimate of drug-likeness (QED) is 0.809. The van der Waals surface area contributed by atoms with Crippen molar-refractivity contribution in [3.05, 3.63) is 59.7 Å². The summed E-state index contributed by atoms with van der Waals surface area (Å²) in [5.41, 5.74) is 3.20. The van der Waals surface area contributed by atoms with E-state index in [1.54, 1.807) is 7.11 Å². The van der Waals surface area contributed by atoms with Crippen LogP contribution in [0.5, 0.6) is 0 Å². The third-order valence-corrected chi connectivity index (χ3v) is 4.12. The Morgan fingerprint density at radius 1 is 1.00 bits per heavy atom. The Kier molecular flexibility index (Phi) is 3.75. The fourth-order valence-electron chi connectivity index (χ4n) is 3.29. The summed E-state index contributed by atoms with van der Waals surface area (Å²) in [6.45, 7) is 4.00.